The normalized spacial score (nSPS) is 27.2. The summed E-state index contributed by atoms with van der Waals surface area (Å²) in [6, 6.07) is 6.59. The Morgan fingerprint density at radius 2 is 2.11 bits per heavy atom. The van der Waals surface area contributed by atoms with E-state index in [1.165, 1.54) is 11.1 Å². The molecule has 1 unspecified atom stereocenters. The van der Waals surface area contributed by atoms with E-state index in [2.05, 4.69) is 35.6 Å². The van der Waals surface area contributed by atoms with Crippen LogP contribution >= 0.6 is 0 Å². The zero-order chi connectivity index (χ0) is 20.5. The lowest BCUT2D eigenvalue weighted by Crippen LogP contribution is -2.66. The maximum absolute atomic E-state index is 11.8. The van der Waals surface area contributed by atoms with E-state index < -0.39 is 5.60 Å². The SMILES string of the molecule is CN1CCC2(C)c3cc(O)ccc3C[C@@H]1[C@H]2NCCCNC(=O)OC(C)(C)C. The van der Waals surface area contributed by atoms with Gasteiger partial charge in [0.05, 0.1) is 0 Å². The molecule has 156 valence electrons. The van der Waals surface area contributed by atoms with Gasteiger partial charge in [-0.05, 0) is 83.4 Å². The number of carbonyl (C=O) groups is 1. The fourth-order valence-electron chi connectivity index (χ4n) is 4.70. The third-order valence-electron chi connectivity index (χ3n) is 6.15. The highest BCUT2D eigenvalue weighted by molar-refractivity contribution is 5.67. The van der Waals surface area contributed by atoms with Crippen LogP contribution in [0.1, 0.15) is 51.7 Å². The molecule has 3 atom stereocenters. The Morgan fingerprint density at radius 1 is 1.36 bits per heavy atom. The van der Waals surface area contributed by atoms with Crippen molar-refractivity contribution in [3.63, 3.8) is 0 Å². The molecule has 6 heteroatoms. The lowest BCUT2D eigenvalue weighted by Gasteiger charge is -2.55. The molecule has 1 amide bonds. The molecule has 1 saturated heterocycles. The number of piperidine rings is 1. The molecule has 28 heavy (non-hydrogen) atoms. The number of benzene rings is 1. The number of carbonyl (C=O) groups excluding carboxylic acids is 1. The lowest BCUT2D eigenvalue weighted by molar-refractivity contribution is 0.0523. The van der Waals surface area contributed by atoms with Gasteiger partial charge in [-0.3, -0.25) is 0 Å². The molecule has 1 aromatic carbocycles. The topological polar surface area (TPSA) is 73.8 Å². The van der Waals surface area contributed by atoms with Crippen LogP contribution in [0.2, 0.25) is 0 Å². The van der Waals surface area contributed by atoms with Crippen LogP contribution < -0.4 is 10.6 Å². The number of phenols is 1. The van der Waals surface area contributed by atoms with Crippen LogP contribution in [0.15, 0.2) is 18.2 Å². The number of hydrogen-bond acceptors (Lipinski definition) is 5. The maximum Gasteiger partial charge on any atom is 0.407 e. The highest BCUT2D eigenvalue weighted by Gasteiger charge is 2.49. The molecular formula is C22H35N3O3. The highest BCUT2D eigenvalue weighted by Crippen LogP contribution is 2.45. The monoisotopic (exact) mass is 389 g/mol. The van der Waals surface area contributed by atoms with Gasteiger partial charge in [-0.2, -0.15) is 0 Å². The number of aromatic hydroxyl groups is 1. The van der Waals surface area contributed by atoms with E-state index in [1.807, 2.05) is 26.8 Å². The van der Waals surface area contributed by atoms with Crippen LogP contribution in [0, 0.1) is 0 Å². The highest BCUT2D eigenvalue weighted by atomic mass is 16.6. The molecule has 3 rings (SSSR count). The predicted molar refractivity (Wildman–Crippen MR) is 111 cm³/mol. The van der Waals surface area contributed by atoms with E-state index in [1.54, 1.807) is 6.07 Å². The molecule has 6 nitrogen and oxygen atoms in total. The lowest BCUT2D eigenvalue weighted by atomic mass is 9.61. The molecular weight excluding hydrogens is 354 g/mol. The summed E-state index contributed by atoms with van der Waals surface area (Å²) >= 11 is 0. The van der Waals surface area contributed by atoms with Gasteiger partial charge in [-0.25, -0.2) is 4.79 Å². The Kier molecular flexibility index (Phi) is 5.92. The number of phenolic OH excluding ortho intramolecular Hbond substituents is 1. The number of likely N-dealkylation sites (N-methyl/N-ethyl adjacent to an activating group) is 1. The number of ether oxygens (including phenoxy) is 1. The van der Waals surface area contributed by atoms with Crippen molar-refractivity contribution in [3.8, 4) is 5.75 Å². The number of fused-ring (bicyclic) bond motifs is 4. The third kappa shape index (κ3) is 4.44. The van der Waals surface area contributed by atoms with Crippen molar-refractivity contribution < 1.29 is 14.6 Å². The van der Waals surface area contributed by atoms with Gasteiger partial charge in [-0.1, -0.05) is 13.0 Å². The first-order chi connectivity index (χ1) is 13.1. The largest absolute Gasteiger partial charge is 0.508 e. The maximum atomic E-state index is 11.8. The number of hydrogen-bond donors (Lipinski definition) is 3. The quantitative estimate of drug-likeness (QED) is 0.676. The Morgan fingerprint density at radius 3 is 2.82 bits per heavy atom. The Labute approximate surface area is 168 Å². The number of nitrogens with zero attached hydrogens (tertiary/aromatic N) is 1. The standard InChI is InChI=1S/C22H35N3O3/c1-21(2,3)28-20(27)24-11-6-10-23-19-18-13-15-7-8-16(26)14-17(15)22(19,4)9-12-25(18)5/h7-8,14,18-19,23,26H,6,9-13H2,1-5H3,(H,24,27)/t18-,19-,22?/m1/s1. The van der Waals surface area contributed by atoms with E-state index in [0.717, 1.165) is 32.4 Å². The molecule has 0 saturated carbocycles. The smallest absolute Gasteiger partial charge is 0.407 e. The van der Waals surface area contributed by atoms with E-state index in [9.17, 15) is 9.90 Å². The molecule has 1 aliphatic heterocycles. The van der Waals surface area contributed by atoms with Crippen LogP contribution in [-0.2, 0) is 16.6 Å². The zero-order valence-electron chi connectivity index (χ0n) is 17.8. The molecule has 3 N–H and O–H groups in total. The second-order valence-electron chi connectivity index (χ2n) is 9.48. The summed E-state index contributed by atoms with van der Waals surface area (Å²) in [6.45, 7) is 10.4. The molecule has 1 fully saturated rings. The van der Waals surface area contributed by atoms with Crippen molar-refractivity contribution >= 4 is 6.09 Å². The molecule has 1 aromatic rings. The van der Waals surface area contributed by atoms with E-state index >= 15 is 0 Å². The Balaban J connectivity index is 1.60. The molecule has 2 bridgehead atoms. The summed E-state index contributed by atoms with van der Waals surface area (Å²) in [5, 5.41) is 16.6. The van der Waals surface area contributed by atoms with Gasteiger partial charge in [0.25, 0.3) is 0 Å². The third-order valence-corrected chi connectivity index (χ3v) is 6.15. The number of alkyl carbamates (subject to hydrolysis) is 1. The van der Waals surface area contributed by atoms with Gasteiger partial charge in [0.1, 0.15) is 11.4 Å². The summed E-state index contributed by atoms with van der Waals surface area (Å²) in [7, 11) is 2.20. The van der Waals surface area contributed by atoms with Crippen LogP contribution in [-0.4, -0.2) is 60.5 Å². The summed E-state index contributed by atoms with van der Waals surface area (Å²) in [4.78, 5) is 14.2. The minimum Gasteiger partial charge on any atom is -0.508 e. The summed E-state index contributed by atoms with van der Waals surface area (Å²) in [5.41, 5.74) is 2.16. The van der Waals surface area contributed by atoms with Crippen molar-refractivity contribution in [2.24, 2.45) is 0 Å². The fraction of sp³-hybridized carbons (Fsp3) is 0.682. The molecule has 1 heterocycles. The van der Waals surface area contributed by atoms with Crippen LogP contribution in [0.5, 0.6) is 5.75 Å². The van der Waals surface area contributed by atoms with E-state index in [4.69, 9.17) is 4.74 Å². The number of rotatable bonds is 5. The Hall–Kier alpha value is -1.79. The first kappa shape index (κ1) is 20.9. The van der Waals surface area contributed by atoms with Gasteiger partial charge in [0.2, 0.25) is 0 Å². The fourth-order valence-corrected chi connectivity index (χ4v) is 4.70. The average Bonchev–Trinajstić information content (AvgIpc) is 2.59. The van der Waals surface area contributed by atoms with Gasteiger partial charge in [0.15, 0.2) is 0 Å². The predicted octanol–water partition coefficient (Wildman–Crippen LogP) is 2.78. The molecule has 0 spiro atoms. The second-order valence-corrected chi connectivity index (χ2v) is 9.48. The Bertz CT molecular complexity index is 715. The van der Waals surface area contributed by atoms with Crippen molar-refractivity contribution in [2.75, 3.05) is 26.7 Å². The summed E-state index contributed by atoms with van der Waals surface area (Å²) in [5.74, 6) is 0.345. The summed E-state index contributed by atoms with van der Waals surface area (Å²) < 4.78 is 5.27. The molecule has 0 aromatic heterocycles. The second kappa shape index (κ2) is 7.91. The van der Waals surface area contributed by atoms with Gasteiger partial charge < -0.3 is 25.4 Å². The van der Waals surface area contributed by atoms with E-state index in [0.29, 0.717) is 24.4 Å². The van der Waals surface area contributed by atoms with Gasteiger partial charge >= 0.3 is 6.09 Å². The number of likely N-dealkylation sites (tertiary alicyclic amines) is 1. The van der Waals surface area contributed by atoms with Crippen LogP contribution in [0.25, 0.3) is 0 Å². The van der Waals surface area contributed by atoms with Crippen molar-refractivity contribution in [1.82, 2.24) is 15.5 Å². The molecule has 0 radical (unpaired) electrons. The van der Waals surface area contributed by atoms with Crippen LogP contribution in [0.4, 0.5) is 4.79 Å². The average molecular weight is 390 g/mol. The minimum absolute atomic E-state index is 0.00208. The zero-order valence-corrected chi connectivity index (χ0v) is 17.8. The first-order valence-electron chi connectivity index (χ1n) is 10.3. The van der Waals surface area contributed by atoms with Gasteiger partial charge in [0, 0.05) is 24.0 Å². The van der Waals surface area contributed by atoms with Crippen molar-refractivity contribution in [2.45, 2.75) is 70.1 Å². The van der Waals surface area contributed by atoms with E-state index in [-0.39, 0.29) is 11.5 Å². The summed E-state index contributed by atoms with van der Waals surface area (Å²) in [6.07, 6.45) is 2.53. The van der Waals surface area contributed by atoms with Crippen LogP contribution in [0.3, 0.4) is 0 Å². The van der Waals surface area contributed by atoms with Crippen molar-refractivity contribution in [3.05, 3.63) is 29.3 Å². The van der Waals surface area contributed by atoms with Crippen molar-refractivity contribution in [1.29, 1.82) is 0 Å². The van der Waals surface area contributed by atoms with Gasteiger partial charge in [-0.15, -0.1) is 0 Å². The molecule has 1 aliphatic carbocycles. The first-order valence-corrected chi connectivity index (χ1v) is 10.3. The minimum atomic E-state index is -0.472. The number of nitrogens with one attached hydrogen (secondary N) is 2. The number of amides is 1. The molecule has 2 aliphatic rings.